The van der Waals surface area contributed by atoms with E-state index < -0.39 is 28.6 Å². The number of nitrogens with zero attached hydrogens (tertiary/aromatic N) is 2. The predicted molar refractivity (Wildman–Crippen MR) is 81.6 cm³/mol. The molecule has 1 N–H and O–H groups in total. The van der Waals surface area contributed by atoms with Crippen LogP contribution in [0, 0.1) is 11.6 Å². The Bertz CT molecular complexity index is 800. The van der Waals surface area contributed by atoms with Gasteiger partial charge in [-0.15, -0.1) is 0 Å². The highest BCUT2D eigenvalue weighted by Gasteiger charge is 2.16. The molecule has 0 aliphatic rings. The third-order valence-corrected chi connectivity index (χ3v) is 3.35. The first kappa shape index (κ1) is 16.8. The summed E-state index contributed by atoms with van der Waals surface area (Å²) >= 11 is 0. The first-order chi connectivity index (χ1) is 10.8. The van der Waals surface area contributed by atoms with Gasteiger partial charge in [-0.1, -0.05) is 6.07 Å². The van der Waals surface area contributed by atoms with Crippen LogP contribution in [0.15, 0.2) is 35.4 Å². The second kappa shape index (κ2) is 6.70. The molecule has 5 nitrogen and oxygen atoms in total. The standard InChI is InChI=1S/C16H16F2N2O3/c1-19(2)5-6-20-8-11(15(21)12(9-20)16(22)23)10-3-4-13(17)14(18)7-10/h3-4,7-9H,5-6H2,1-2H3,(H,22,23). The average Bonchev–Trinajstić information content (AvgIpc) is 2.48. The molecule has 0 unspecified atom stereocenters. The van der Waals surface area contributed by atoms with Gasteiger partial charge in [0.15, 0.2) is 11.6 Å². The summed E-state index contributed by atoms with van der Waals surface area (Å²) in [5, 5.41) is 9.18. The SMILES string of the molecule is CN(C)CCn1cc(C(=O)O)c(=O)c(-c2ccc(F)c(F)c2)c1. The van der Waals surface area contributed by atoms with E-state index in [0.717, 1.165) is 12.1 Å². The average molecular weight is 322 g/mol. The number of aromatic carboxylic acids is 1. The summed E-state index contributed by atoms with van der Waals surface area (Å²) in [5.41, 5.74) is -0.992. The maximum Gasteiger partial charge on any atom is 0.341 e. The number of benzene rings is 1. The normalized spacial score (nSPS) is 11.0. The fourth-order valence-electron chi connectivity index (χ4n) is 2.10. The van der Waals surface area contributed by atoms with E-state index in [0.29, 0.717) is 13.1 Å². The van der Waals surface area contributed by atoms with Crippen molar-refractivity contribution in [3.63, 3.8) is 0 Å². The van der Waals surface area contributed by atoms with Crippen LogP contribution >= 0.6 is 0 Å². The molecular weight excluding hydrogens is 306 g/mol. The molecule has 0 aliphatic heterocycles. The van der Waals surface area contributed by atoms with E-state index in [1.807, 2.05) is 19.0 Å². The number of hydrogen-bond donors (Lipinski definition) is 1. The topological polar surface area (TPSA) is 62.5 Å². The van der Waals surface area contributed by atoms with Crippen LogP contribution in [0.4, 0.5) is 8.78 Å². The van der Waals surface area contributed by atoms with Crippen LogP contribution in [0.2, 0.25) is 0 Å². The first-order valence-electron chi connectivity index (χ1n) is 6.87. The molecule has 2 rings (SSSR count). The van der Waals surface area contributed by atoms with Crippen molar-refractivity contribution in [1.82, 2.24) is 9.47 Å². The summed E-state index contributed by atoms with van der Waals surface area (Å²) < 4.78 is 28.0. The predicted octanol–water partition coefficient (Wildman–Crippen LogP) is 2.05. The minimum absolute atomic E-state index is 0.0163. The monoisotopic (exact) mass is 322 g/mol. The largest absolute Gasteiger partial charge is 0.477 e. The van der Waals surface area contributed by atoms with Crippen LogP contribution in [0.25, 0.3) is 11.1 Å². The lowest BCUT2D eigenvalue weighted by Gasteiger charge is -2.14. The summed E-state index contributed by atoms with van der Waals surface area (Å²) in [7, 11) is 3.72. The van der Waals surface area contributed by atoms with Gasteiger partial charge in [-0.05, 0) is 31.8 Å². The third-order valence-electron chi connectivity index (χ3n) is 3.35. The van der Waals surface area contributed by atoms with E-state index in [1.165, 1.54) is 18.5 Å². The summed E-state index contributed by atoms with van der Waals surface area (Å²) in [6, 6.07) is 3.03. The summed E-state index contributed by atoms with van der Waals surface area (Å²) in [5.74, 6) is -3.49. The molecule has 0 saturated heterocycles. The molecule has 1 aromatic carbocycles. The lowest BCUT2D eigenvalue weighted by Crippen LogP contribution is -2.23. The van der Waals surface area contributed by atoms with E-state index in [9.17, 15) is 23.5 Å². The lowest BCUT2D eigenvalue weighted by molar-refractivity contribution is 0.0694. The number of likely N-dealkylation sites (N-methyl/N-ethyl adjacent to an activating group) is 1. The number of halogens is 2. The van der Waals surface area contributed by atoms with Crippen LogP contribution < -0.4 is 5.43 Å². The maximum atomic E-state index is 13.4. The molecule has 0 saturated carbocycles. The lowest BCUT2D eigenvalue weighted by atomic mass is 10.0. The molecule has 7 heteroatoms. The van der Waals surface area contributed by atoms with Crippen molar-refractivity contribution < 1.29 is 18.7 Å². The minimum Gasteiger partial charge on any atom is -0.477 e. The molecule has 0 bridgehead atoms. The van der Waals surface area contributed by atoms with Crippen molar-refractivity contribution in [2.75, 3.05) is 20.6 Å². The Kier molecular flexibility index (Phi) is 4.90. The van der Waals surface area contributed by atoms with Crippen molar-refractivity contribution in [3.8, 4) is 11.1 Å². The maximum absolute atomic E-state index is 13.4. The van der Waals surface area contributed by atoms with E-state index in [2.05, 4.69) is 0 Å². The number of hydrogen-bond acceptors (Lipinski definition) is 3. The highest BCUT2D eigenvalue weighted by molar-refractivity contribution is 5.88. The molecule has 23 heavy (non-hydrogen) atoms. The molecule has 1 heterocycles. The number of carbonyl (C=O) groups is 1. The zero-order valence-corrected chi connectivity index (χ0v) is 12.7. The number of aromatic nitrogens is 1. The van der Waals surface area contributed by atoms with E-state index >= 15 is 0 Å². The van der Waals surface area contributed by atoms with Crippen molar-refractivity contribution in [2.45, 2.75) is 6.54 Å². The second-order valence-electron chi connectivity index (χ2n) is 5.39. The smallest absolute Gasteiger partial charge is 0.341 e. The summed E-state index contributed by atoms with van der Waals surface area (Å²) in [6.45, 7) is 1.07. The van der Waals surface area contributed by atoms with Gasteiger partial charge in [-0.2, -0.15) is 0 Å². The van der Waals surface area contributed by atoms with Gasteiger partial charge in [0.1, 0.15) is 5.56 Å². The van der Waals surface area contributed by atoms with Crippen LogP contribution in [0.1, 0.15) is 10.4 Å². The first-order valence-corrected chi connectivity index (χ1v) is 6.87. The van der Waals surface area contributed by atoms with E-state index in [4.69, 9.17) is 0 Å². The molecular formula is C16H16F2N2O3. The Labute approximate surface area is 131 Å². The van der Waals surface area contributed by atoms with Crippen LogP contribution in [0.3, 0.4) is 0 Å². The number of rotatable bonds is 5. The highest BCUT2D eigenvalue weighted by Crippen LogP contribution is 2.19. The zero-order chi connectivity index (χ0) is 17.1. The van der Waals surface area contributed by atoms with Crippen molar-refractivity contribution in [3.05, 3.63) is 58.0 Å². The van der Waals surface area contributed by atoms with Crippen molar-refractivity contribution in [1.29, 1.82) is 0 Å². The molecule has 0 spiro atoms. The third kappa shape index (κ3) is 3.81. The minimum atomic E-state index is -1.36. The Balaban J connectivity index is 2.58. The zero-order valence-electron chi connectivity index (χ0n) is 12.7. The Hall–Kier alpha value is -2.54. The Morgan fingerprint density at radius 1 is 1.22 bits per heavy atom. The van der Waals surface area contributed by atoms with Crippen molar-refractivity contribution >= 4 is 5.97 Å². The highest BCUT2D eigenvalue weighted by atomic mass is 19.2. The van der Waals surface area contributed by atoms with Crippen LogP contribution in [-0.2, 0) is 6.54 Å². The summed E-state index contributed by atoms with van der Waals surface area (Å²) in [4.78, 5) is 25.4. The van der Waals surface area contributed by atoms with Gasteiger partial charge in [-0.25, -0.2) is 13.6 Å². The molecule has 0 amide bonds. The van der Waals surface area contributed by atoms with Gasteiger partial charge >= 0.3 is 5.97 Å². The summed E-state index contributed by atoms with van der Waals surface area (Å²) in [6.07, 6.45) is 2.70. The van der Waals surface area contributed by atoms with Gasteiger partial charge in [-0.3, -0.25) is 4.79 Å². The number of pyridine rings is 1. The van der Waals surface area contributed by atoms with Gasteiger partial charge in [0.05, 0.1) is 0 Å². The molecule has 0 radical (unpaired) electrons. The molecule has 0 atom stereocenters. The van der Waals surface area contributed by atoms with Gasteiger partial charge in [0.25, 0.3) is 0 Å². The fourth-order valence-corrected chi connectivity index (χ4v) is 2.10. The van der Waals surface area contributed by atoms with E-state index in [-0.39, 0.29) is 11.1 Å². The van der Waals surface area contributed by atoms with Crippen LogP contribution in [-0.4, -0.2) is 41.2 Å². The van der Waals surface area contributed by atoms with Gasteiger partial charge in [0.2, 0.25) is 5.43 Å². The quantitative estimate of drug-likeness (QED) is 0.915. The van der Waals surface area contributed by atoms with E-state index in [1.54, 1.807) is 4.57 Å². The van der Waals surface area contributed by atoms with Crippen LogP contribution in [0.5, 0.6) is 0 Å². The molecule has 2 aromatic rings. The molecule has 1 aromatic heterocycles. The van der Waals surface area contributed by atoms with Gasteiger partial charge in [0, 0.05) is 31.0 Å². The second-order valence-corrected chi connectivity index (χ2v) is 5.39. The van der Waals surface area contributed by atoms with Gasteiger partial charge < -0.3 is 14.6 Å². The number of carboxylic acids is 1. The Morgan fingerprint density at radius 3 is 2.48 bits per heavy atom. The fraction of sp³-hybridized carbons (Fsp3) is 0.250. The molecule has 0 fully saturated rings. The number of carboxylic acid groups (broad SMARTS) is 1. The molecule has 122 valence electrons. The Morgan fingerprint density at radius 2 is 1.91 bits per heavy atom. The molecule has 0 aliphatic carbocycles. The van der Waals surface area contributed by atoms with Crippen molar-refractivity contribution in [2.24, 2.45) is 0 Å².